The number of nitrogen functional groups attached to an aromatic ring is 1. The molecule has 0 aliphatic rings. The van der Waals surface area contributed by atoms with Gasteiger partial charge in [-0.25, -0.2) is 9.97 Å². The summed E-state index contributed by atoms with van der Waals surface area (Å²) in [5.41, 5.74) is 7.29. The third-order valence-corrected chi connectivity index (χ3v) is 1.72. The minimum atomic E-state index is 0.745. The average Bonchev–Trinajstić information content (AvgIpc) is 2.05. The molecule has 3 nitrogen and oxygen atoms in total. The number of hydrogen-bond donors (Lipinski definition) is 1. The van der Waals surface area contributed by atoms with Crippen LogP contribution in [-0.4, -0.2) is 9.97 Å². The summed E-state index contributed by atoms with van der Waals surface area (Å²) in [4.78, 5) is 8.33. The Morgan fingerprint density at radius 2 is 2.17 bits per heavy atom. The highest BCUT2D eigenvalue weighted by atomic mass is 14.9. The number of aryl methyl sites for hydroxylation is 1. The zero-order chi connectivity index (χ0) is 8.55. The maximum atomic E-state index is 5.61. The van der Waals surface area contributed by atoms with Gasteiger partial charge in [0.2, 0.25) is 0 Å². The van der Waals surface area contributed by atoms with Crippen molar-refractivity contribution < 1.29 is 0 Å². The topological polar surface area (TPSA) is 51.8 Å². The fourth-order valence-corrected chi connectivity index (χ4v) is 1.14. The quantitative estimate of drug-likeness (QED) is 0.593. The van der Waals surface area contributed by atoms with Crippen molar-refractivity contribution in [3.63, 3.8) is 0 Å². The second-order valence-electron chi connectivity index (χ2n) is 2.74. The smallest absolute Gasteiger partial charge is 0.125 e. The van der Waals surface area contributed by atoms with Gasteiger partial charge >= 0.3 is 0 Å². The van der Waals surface area contributed by atoms with Gasteiger partial charge in [0.1, 0.15) is 5.82 Å². The van der Waals surface area contributed by atoms with E-state index in [0.717, 1.165) is 22.4 Å². The standard InChI is InChI=1S/C9H9N3/c1-6-11-5-7-4-8(10)2-3-9(7)12-6/h2-5H,10H2,1H3. The molecule has 0 aliphatic carbocycles. The number of hydrogen-bond acceptors (Lipinski definition) is 3. The van der Waals surface area contributed by atoms with Gasteiger partial charge in [-0.3, -0.25) is 0 Å². The SMILES string of the molecule is Cc1ncc2cc(N)ccc2n1. The number of fused-ring (bicyclic) bond motifs is 1. The molecule has 0 amide bonds. The van der Waals surface area contributed by atoms with E-state index in [0.29, 0.717) is 0 Å². The molecule has 2 N–H and O–H groups in total. The van der Waals surface area contributed by atoms with E-state index in [2.05, 4.69) is 9.97 Å². The van der Waals surface area contributed by atoms with Gasteiger partial charge in [0.05, 0.1) is 5.52 Å². The van der Waals surface area contributed by atoms with Crippen LogP contribution < -0.4 is 5.73 Å². The van der Waals surface area contributed by atoms with E-state index >= 15 is 0 Å². The summed E-state index contributed by atoms with van der Waals surface area (Å²) in [7, 11) is 0. The summed E-state index contributed by atoms with van der Waals surface area (Å²) in [6, 6.07) is 5.61. The van der Waals surface area contributed by atoms with E-state index < -0.39 is 0 Å². The Kier molecular flexibility index (Phi) is 1.43. The Balaban J connectivity index is 2.79. The number of benzene rings is 1. The minimum Gasteiger partial charge on any atom is -0.399 e. The summed E-state index contributed by atoms with van der Waals surface area (Å²) < 4.78 is 0. The largest absolute Gasteiger partial charge is 0.399 e. The number of nitrogens with two attached hydrogens (primary N) is 1. The molecule has 60 valence electrons. The first kappa shape index (κ1) is 7.03. The molecule has 0 radical (unpaired) electrons. The Morgan fingerprint density at radius 1 is 1.33 bits per heavy atom. The van der Waals surface area contributed by atoms with Crippen LogP contribution in [-0.2, 0) is 0 Å². The van der Waals surface area contributed by atoms with Crippen molar-refractivity contribution in [3.8, 4) is 0 Å². The molecule has 0 bridgehead atoms. The van der Waals surface area contributed by atoms with Crippen molar-refractivity contribution in [2.45, 2.75) is 6.92 Å². The Hall–Kier alpha value is -1.64. The summed E-state index contributed by atoms with van der Waals surface area (Å²) in [6.45, 7) is 1.87. The molecular formula is C9H9N3. The zero-order valence-electron chi connectivity index (χ0n) is 6.78. The molecule has 0 saturated carbocycles. The summed E-state index contributed by atoms with van der Waals surface area (Å²) in [6.07, 6.45) is 1.79. The highest BCUT2D eigenvalue weighted by molar-refractivity contribution is 5.80. The molecule has 0 unspecified atom stereocenters. The van der Waals surface area contributed by atoms with Crippen LogP contribution in [0, 0.1) is 6.92 Å². The van der Waals surface area contributed by atoms with Crippen molar-refractivity contribution in [1.29, 1.82) is 0 Å². The van der Waals surface area contributed by atoms with Gasteiger partial charge in [0, 0.05) is 17.3 Å². The van der Waals surface area contributed by atoms with E-state index in [-0.39, 0.29) is 0 Å². The van der Waals surface area contributed by atoms with E-state index in [1.807, 2.05) is 25.1 Å². The first-order valence-electron chi connectivity index (χ1n) is 3.74. The molecule has 12 heavy (non-hydrogen) atoms. The molecule has 2 aromatic rings. The monoisotopic (exact) mass is 159 g/mol. The zero-order valence-corrected chi connectivity index (χ0v) is 6.78. The molecular weight excluding hydrogens is 150 g/mol. The maximum absolute atomic E-state index is 5.61. The van der Waals surface area contributed by atoms with Gasteiger partial charge < -0.3 is 5.73 Å². The van der Waals surface area contributed by atoms with Gasteiger partial charge in [0.25, 0.3) is 0 Å². The van der Waals surface area contributed by atoms with Crippen molar-refractivity contribution in [3.05, 3.63) is 30.2 Å². The molecule has 3 heteroatoms. The van der Waals surface area contributed by atoms with E-state index in [9.17, 15) is 0 Å². The fraction of sp³-hybridized carbons (Fsp3) is 0.111. The lowest BCUT2D eigenvalue weighted by Crippen LogP contribution is -1.89. The lowest BCUT2D eigenvalue weighted by molar-refractivity contribution is 1.09. The van der Waals surface area contributed by atoms with Crippen molar-refractivity contribution >= 4 is 16.6 Å². The second-order valence-corrected chi connectivity index (χ2v) is 2.74. The third kappa shape index (κ3) is 1.09. The number of anilines is 1. The molecule has 0 aliphatic heterocycles. The lowest BCUT2D eigenvalue weighted by atomic mass is 10.2. The van der Waals surface area contributed by atoms with Crippen LogP contribution in [0.1, 0.15) is 5.82 Å². The minimum absolute atomic E-state index is 0.745. The van der Waals surface area contributed by atoms with Crippen molar-refractivity contribution in [2.75, 3.05) is 5.73 Å². The van der Waals surface area contributed by atoms with Crippen LogP contribution in [0.5, 0.6) is 0 Å². The molecule has 0 atom stereocenters. The molecule has 1 aromatic heterocycles. The fourth-order valence-electron chi connectivity index (χ4n) is 1.14. The summed E-state index contributed by atoms with van der Waals surface area (Å²) >= 11 is 0. The van der Waals surface area contributed by atoms with Crippen LogP contribution in [0.3, 0.4) is 0 Å². The van der Waals surface area contributed by atoms with Crippen molar-refractivity contribution in [2.24, 2.45) is 0 Å². The molecule has 2 rings (SSSR count). The van der Waals surface area contributed by atoms with Gasteiger partial charge in [-0.05, 0) is 25.1 Å². The van der Waals surface area contributed by atoms with Crippen LogP contribution in [0.4, 0.5) is 5.69 Å². The van der Waals surface area contributed by atoms with E-state index in [1.165, 1.54) is 0 Å². The summed E-state index contributed by atoms with van der Waals surface area (Å²) in [5.74, 6) is 0.785. The average molecular weight is 159 g/mol. The molecule has 0 spiro atoms. The summed E-state index contributed by atoms with van der Waals surface area (Å²) in [5, 5.41) is 0.987. The van der Waals surface area contributed by atoms with Gasteiger partial charge in [-0.15, -0.1) is 0 Å². The molecule has 0 saturated heterocycles. The maximum Gasteiger partial charge on any atom is 0.125 e. The molecule has 1 heterocycles. The van der Waals surface area contributed by atoms with Crippen LogP contribution in [0.25, 0.3) is 10.9 Å². The van der Waals surface area contributed by atoms with Crippen LogP contribution >= 0.6 is 0 Å². The van der Waals surface area contributed by atoms with Gasteiger partial charge in [-0.2, -0.15) is 0 Å². The normalized spacial score (nSPS) is 10.4. The van der Waals surface area contributed by atoms with Gasteiger partial charge in [0.15, 0.2) is 0 Å². The number of nitrogens with zero attached hydrogens (tertiary/aromatic N) is 2. The Morgan fingerprint density at radius 3 is 3.00 bits per heavy atom. The molecule has 1 aromatic carbocycles. The van der Waals surface area contributed by atoms with E-state index in [4.69, 9.17) is 5.73 Å². The number of rotatable bonds is 0. The molecule has 0 fully saturated rings. The Bertz CT molecular complexity index is 382. The second kappa shape index (κ2) is 2.44. The Labute approximate surface area is 70.3 Å². The highest BCUT2D eigenvalue weighted by Crippen LogP contribution is 2.13. The highest BCUT2D eigenvalue weighted by Gasteiger charge is 1.95. The van der Waals surface area contributed by atoms with Crippen molar-refractivity contribution in [1.82, 2.24) is 9.97 Å². The van der Waals surface area contributed by atoms with Crippen LogP contribution in [0.2, 0.25) is 0 Å². The van der Waals surface area contributed by atoms with E-state index in [1.54, 1.807) is 6.20 Å². The van der Waals surface area contributed by atoms with Gasteiger partial charge in [-0.1, -0.05) is 0 Å². The number of aromatic nitrogens is 2. The first-order valence-corrected chi connectivity index (χ1v) is 3.74. The first-order chi connectivity index (χ1) is 5.75. The van der Waals surface area contributed by atoms with Crippen LogP contribution in [0.15, 0.2) is 24.4 Å². The predicted octanol–water partition coefficient (Wildman–Crippen LogP) is 1.52. The third-order valence-electron chi connectivity index (χ3n) is 1.72. The predicted molar refractivity (Wildman–Crippen MR) is 48.7 cm³/mol. The lowest BCUT2D eigenvalue weighted by Gasteiger charge is -1.98.